The van der Waals surface area contributed by atoms with E-state index >= 15 is 0 Å². The van der Waals surface area contributed by atoms with Crippen LogP contribution in [-0.4, -0.2) is 0 Å². The van der Waals surface area contributed by atoms with Crippen LogP contribution in [-0.2, 0) is 11.8 Å². The maximum absolute atomic E-state index is 2.41. The Morgan fingerprint density at radius 3 is 1.73 bits per heavy atom. The van der Waals surface area contributed by atoms with Crippen molar-refractivity contribution in [2.45, 2.75) is 32.6 Å². The summed E-state index contributed by atoms with van der Waals surface area (Å²) in [7, 11) is 0. The summed E-state index contributed by atoms with van der Waals surface area (Å²) < 4.78 is 0. The third-order valence-electron chi connectivity index (χ3n) is 11.2. The van der Waals surface area contributed by atoms with Crippen LogP contribution in [0.4, 0.5) is 0 Å². The average Bonchev–Trinajstić information content (AvgIpc) is 3.16. The van der Waals surface area contributed by atoms with Crippen molar-refractivity contribution >= 4 is 64.6 Å². The minimum Gasteiger partial charge on any atom is -0.0622 e. The minimum atomic E-state index is 0.100. The van der Waals surface area contributed by atoms with Gasteiger partial charge in [-0.15, -0.1) is 0 Å². The van der Waals surface area contributed by atoms with Crippen molar-refractivity contribution in [2.75, 3.05) is 0 Å². The number of fused-ring (bicyclic) bond motifs is 4. The molecule has 0 aromatic heterocycles. The van der Waals surface area contributed by atoms with Gasteiger partial charge >= 0.3 is 0 Å². The maximum Gasteiger partial charge on any atom is -0.00134 e. The van der Waals surface area contributed by atoms with Crippen LogP contribution < -0.4 is 0 Å². The molecule has 0 aliphatic carbocycles. The first-order chi connectivity index (χ1) is 24.9. The van der Waals surface area contributed by atoms with Gasteiger partial charge in [-0.25, -0.2) is 0 Å². The molecule has 0 aliphatic rings. The zero-order valence-corrected chi connectivity index (χ0v) is 29.3. The zero-order chi connectivity index (χ0) is 34.3. The van der Waals surface area contributed by atoms with E-state index < -0.39 is 0 Å². The molecular formula is C51H38. The summed E-state index contributed by atoms with van der Waals surface area (Å²) >= 11 is 0. The second-order valence-electron chi connectivity index (χ2n) is 15.3. The minimum absolute atomic E-state index is 0.100. The molecule has 10 rings (SSSR count). The molecule has 0 radical (unpaired) electrons. The van der Waals surface area contributed by atoms with E-state index in [1.54, 1.807) is 0 Å². The van der Waals surface area contributed by atoms with Crippen LogP contribution in [0, 0.1) is 0 Å². The molecule has 0 amide bonds. The Balaban J connectivity index is 1.14. The van der Waals surface area contributed by atoms with Gasteiger partial charge in [0.25, 0.3) is 0 Å². The molecule has 0 bridgehead atoms. The molecule has 10 aromatic rings. The van der Waals surface area contributed by atoms with Gasteiger partial charge in [-0.05, 0) is 128 Å². The van der Waals surface area contributed by atoms with E-state index in [9.17, 15) is 0 Å². The second kappa shape index (κ2) is 11.3. The van der Waals surface area contributed by atoms with Crippen LogP contribution in [0.1, 0.15) is 37.5 Å². The van der Waals surface area contributed by atoms with Crippen molar-refractivity contribution in [3.05, 3.63) is 180 Å². The molecule has 242 valence electrons. The van der Waals surface area contributed by atoms with Gasteiger partial charge in [-0.1, -0.05) is 172 Å². The van der Waals surface area contributed by atoms with E-state index in [4.69, 9.17) is 0 Å². The third kappa shape index (κ3) is 4.89. The van der Waals surface area contributed by atoms with Gasteiger partial charge in [0.05, 0.1) is 0 Å². The average molecular weight is 651 g/mol. The molecule has 51 heavy (non-hydrogen) atoms. The fourth-order valence-corrected chi connectivity index (χ4v) is 8.51. The summed E-state index contributed by atoms with van der Waals surface area (Å²) in [6, 6.07) is 61.6. The van der Waals surface area contributed by atoms with Crippen molar-refractivity contribution < 1.29 is 0 Å². The predicted octanol–water partition coefficient (Wildman–Crippen LogP) is 14.3. The van der Waals surface area contributed by atoms with Crippen molar-refractivity contribution in [3.63, 3.8) is 0 Å². The summed E-state index contributed by atoms with van der Waals surface area (Å²) in [6.07, 6.45) is 0.873. The van der Waals surface area contributed by atoms with Crippen molar-refractivity contribution in [1.29, 1.82) is 0 Å². The highest BCUT2D eigenvalue weighted by atomic mass is 14.2. The van der Waals surface area contributed by atoms with Crippen molar-refractivity contribution in [3.8, 4) is 22.3 Å². The predicted molar refractivity (Wildman–Crippen MR) is 221 cm³/mol. The molecule has 0 spiro atoms. The Kier molecular flexibility index (Phi) is 6.61. The highest BCUT2D eigenvalue weighted by Crippen LogP contribution is 2.42. The molecule has 0 saturated heterocycles. The smallest absolute Gasteiger partial charge is 0.00134 e. The molecule has 0 fully saturated rings. The molecular weight excluding hydrogens is 613 g/mol. The van der Waals surface area contributed by atoms with Crippen LogP contribution in [0.2, 0.25) is 0 Å². The quantitative estimate of drug-likeness (QED) is 0.166. The van der Waals surface area contributed by atoms with Gasteiger partial charge in [0.1, 0.15) is 0 Å². The van der Waals surface area contributed by atoms with Crippen LogP contribution in [0.15, 0.2) is 164 Å². The van der Waals surface area contributed by atoms with Gasteiger partial charge in [0.15, 0.2) is 0 Å². The highest BCUT2D eigenvalue weighted by Gasteiger charge is 2.19. The standard InChI is InChI=1S/C51H38/c1-51(2,3)41-30-39-16-14-34-17-22-44(47-26-21-40(31-41)49(39)50(34)47)36-19-24-45-38(29-36)20-25-46(48(45)27-32-9-5-4-6-10-32)37-18-23-43-35(28-37)15-13-33-11-7-8-12-42(33)43/h4-26,28-31H,27H2,1-3H3. The van der Waals surface area contributed by atoms with Crippen LogP contribution in [0.3, 0.4) is 0 Å². The third-order valence-corrected chi connectivity index (χ3v) is 11.2. The first kappa shape index (κ1) is 29.9. The molecule has 0 heteroatoms. The number of hydrogen-bond donors (Lipinski definition) is 0. The first-order valence-electron chi connectivity index (χ1n) is 18.1. The Hall–Kier alpha value is -5.98. The van der Waals surface area contributed by atoms with Crippen LogP contribution in [0.25, 0.3) is 86.9 Å². The van der Waals surface area contributed by atoms with Crippen LogP contribution >= 0.6 is 0 Å². The Labute approximate surface area is 298 Å². The summed E-state index contributed by atoms with van der Waals surface area (Å²) in [6.45, 7) is 6.90. The van der Waals surface area contributed by atoms with Gasteiger partial charge in [0.2, 0.25) is 0 Å². The van der Waals surface area contributed by atoms with Crippen molar-refractivity contribution in [2.24, 2.45) is 0 Å². The van der Waals surface area contributed by atoms with E-state index in [0.717, 1.165) is 6.42 Å². The molecule has 0 atom stereocenters. The topological polar surface area (TPSA) is 0 Å². The molecule has 10 aromatic carbocycles. The lowest BCUT2D eigenvalue weighted by Crippen LogP contribution is -2.10. The molecule has 0 N–H and O–H groups in total. The fourth-order valence-electron chi connectivity index (χ4n) is 8.51. The lowest BCUT2D eigenvalue weighted by Gasteiger charge is -2.22. The summed E-state index contributed by atoms with van der Waals surface area (Å²) in [5.41, 5.74) is 9.27. The largest absolute Gasteiger partial charge is 0.0622 e. The summed E-state index contributed by atoms with van der Waals surface area (Å²) in [5, 5.41) is 15.8. The Morgan fingerprint density at radius 2 is 0.922 bits per heavy atom. The van der Waals surface area contributed by atoms with Crippen LogP contribution in [0.5, 0.6) is 0 Å². The molecule has 0 aliphatic heterocycles. The molecule has 0 saturated carbocycles. The monoisotopic (exact) mass is 650 g/mol. The van der Waals surface area contributed by atoms with E-state index in [0.29, 0.717) is 0 Å². The number of rotatable bonds is 4. The normalized spacial score (nSPS) is 12.3. The van der Waals surface area contributed by atoms with E-state index in [1.807, 2.05) is 0 Å². The number of benzene rings is 10. The fraction of sp³-hybridized carbons (Fsp3) is 0.0980. The Bertz CT molecular complexity index is 2940. The first-order valence-corrected chi connectivity index (χ1v) is 18.1. The van der Waals surface area contributed by atoms with Gasteiger partial charge in [-0.3, -0.25) is 0 Å². The maximum atomic E-state index is 2.41. The van der Waals surface area contributed by atoms with Gasteiger partial charge in [-0.2, -0.15) is 0 Å². The number of hydrogen-bond acceptors (Lipinski definition) is 0. The van der Waals surface area contributed by atoms with Crippen molar-refractivity contribution in [1.82, 2.24) is 0 Å². The highest BCUT2D eigenvalue weighted by molar-refractivity contribution is 6.25. The molecule has 0 unspecified atom stereocenters. The Morgan fingerprint density at radius 1 is 0.373 bits per heavy atom. The second-order valence-corrected chi connectivity index (χ2v) is 15.3. The van der Waals surface area contributed by atoms with Gasteiger partial charge < -0.3 is 0 Å². The molecule has 0 nitrogen and oxygen atoms in total. The molecule has 0 heterocycles. The lowest BCUT2D eigenvalue weighted by atomic mass is 9.82. The van der Waals surface area contributed by atoms with E-state index in [2.05, 4.69) is 185 Å². The summed E-state index contributed by atoms with van der Waals surface area (Å²) in [4.78, 5) is 0. The van der Waals surface area contributed by atoms with Gasteiger partial charge in [0, 0.05) is 0 Å². The summed E-state index contributed by atoms with van der Waals surface area (Å²) in [5.74, 6) is 0. The zero-order valence-electron chi connectivity index (χ0n) is 29.3. The lowest BCUT2D eigenvalue weighted by molar-refractivity contribution is 0.591. The van der Waals surface area contributed by atoms with E-state index in [1.165, 1.54) is 104 Å². The SMILES string of the molecule is CC(C)(C)c1cc2ccc3ccc(-c4ccc5c(Cc6ccccc6)c(-c6ccc7c(ccc8ccccc87)c6)ccc5c4)c4ccc(c1)c2c34. The van der Waals surface area contributed by atoms with E-state index in [-0.39, 0.29) is 5.41 Å².